The first-order valence-electron chi connectivity index (χ1n) is 6.54. The Balaban J connectivity index is 2.01. The van der Waals surface area contributed by atoms with Gasteiger partial charge in [0.1, 0.15) is 0 Å². The molecule has 18 heavy (non-hydrogen) atoms. The monoisotopic (exact) mass is 251 g/mol. The fraction of sp³-hybridized carbons (Fsp3) is 0.692. The number of carboxylic acids is 1. The minimum atomic E-state index is -0.961. The minimum Gasteiger partial charge on any atom is -0.476 e. The molecule has 1 saturated carbocycles. The summed E-state index contributed by atoms with van der Waals surface area (Å²) in [5.74, 6) is -0.961. The van der Waals surface area contributed by atoms with Gasteiger partial charge in [0.2, 0.25) is 0 Å². The molecule has 0 amide bonds. The molecule has 1 aliphatic carbocycles. The number of carbonyl (C=O) groups is 1. The lowest BCUT2D eigenvalue weighted by Gasteiger charge is -2.31. The number of aromatic nitrogens is 2. The molecule has 100 valence electrons. The van der Waals surface area contributed by atoms with E-state index in [0.717, 1.165) is 12.2 Å². The van der Waals surface area contributed by atoms with Crippen molar-refractivity contribution < 1.29 is 9.90 Å². The Hall–Kier alpha value is -1.36. The van der Waals surface area contributed by atoms with Gasteiger partial charge in [-0.05, 0) is 26.0 Å². The molecule has 0 atom stereocenters. The Bertz CT molecular complexity index is 422. The third-order valence-electron chi connectivity index (χ3n) is 3.81. The first-order chi connectivity index (χ1) is 8.58. The van der Waals surface area contributed by atoms with Gasteiger partial charge in [0.15, 0.2) is 5.69 Å². The van der Waals surface area contributed by atoms with E-state index in [2.05, 4.69) is 17.0 Å². The van der Waals surface area contributed by atoms with Gasteiger partial charge in [-0.15, -0.1) is 0 Å². The number of rotatable bonds is 4. The standard InChI is InChI=1S/C13H21N3O2/c1-15(10-6-4-3-5-7-10)9-11-8-12(13(17)18)14-16(11)2/h8,10H,3-7,9H2,1-2H3,(H,17,18). The van der Waals surface area contributed by atoms with Crippen molar-refractivity contribution in [2.75, 3.05) is 7.05 Å². The molecule has 0 bridgehead atoms. The van der Waals surface area contributed by atoms with Gasteiger partial charge in [-0.2, -0.15) is 5.10 Å². The van der Waals surface area contributed by atoms with E-state index in [1.807, 2.05) is 0 Å². The van der Waals surface area contributed by atoms with Crippen molar-refractivity contribution in [3.8, 4) is 0 Å². The maximum atomic E-state index is 10.9. The molecule has 0 spiro atoms. The summed E-state index contributed by atoms with van der Waals surface area (Å²) in [5.41, 5.74) is 1.09. The van der Waals surface area contributed by atoms with Crippen LogP contribution in [0.25, 0.3) is 0 Å². The van der Waals surface area contributed by atoms with E-state index in [1.54, 1.807) is 17.8 Å². The van der Waals surface area contributed by atoms with Crippen molar-refractivity contribution in [2.45, 2.75) is 44.7 Å². The van der Waals surface area contributed by atoms with Crippen LogP contribution in [0.3, 0.4) is 0 Å². The molecule has 1 aliphatic rings. The summed E-state index contributed by atoms with van der Waals surface area (Å²) in [7, 11) is 3.92. The normalized spacial score (nSPS) is 17.3. The van der Waals surface area contributed by atoms with Gasteiger partial charge < -0.3 is 5.11 Å². The van der Waals surface area contributed by atoms with E-state index in [0.29, 0.717) is 6.04 Å². The average molecular weight is 251 g/mol. The van der Waals surface area contributed by atoms with E-state index >= 15 is 0 Å². The van der Waals surface area contributed by atoms with Gasteiger partial charge in [0.05, 0.1) is 5.69 Å². The highest BCUT2D eigenvalue weighted by Gasteiger charge is 2.20. The van der Waals surface area contributed by atoms with Crippen molar-refractivity contribution in [3.63, 3.8) is 0 Å². The van der Waals surface area contributed by atoms with Crippen LogP contribution in [0, 0.1) is 0 Å². The first-order valence-corrected chi connectivity index (χ1v) is 6.54. The van der Waals surface area contributed by atoms with Crippen LogP contribution >= 0.6 is 0 Å². The maximum absolute atomic E-state index is 10.9. The fourth-order valence-corrected chi connectivity index (χ4v) is 2.66. The number of carboxylic acid groups (broad SMARTS) is 1. The molecule has 1 heterocycles. The second-order valence-electron chi connectivity index (χ2n) is 5.16. The SMILES string of the molecule is CN(Cc1cc(C(=O)O)nn1C)C1CCCCC1. The highest BCUT2D eigenvalue weighted by molar-refractivity contribution is 5.85. The highest BCUT2D eigenvalue weighted by atomic mass is 16.4. The molecule has 0 radical (unpaired) electrons. The van der Waals surface area contributed by atoms with Crippen LogP contribution in [0.2, 0.25) is 0 Å². The second-order valence-corrected chi connectivity index (χ2v) is 5.16. The Kier molecular flexibility index (Phi) is 4.01. The van der Waals surface area contributed by atoms with E-state index in [-0.39, 0.29) is 5.69 Å². The van der Waals surface area contributed by atoms with E-state index < -0.39 is 5.97 Å². The van der Waals surface area contributed by atoms with Crippen LogP contribution in [-0.4, -0.2) is 38.8 Å². The van der Waals surface area contributed by atoms with Crippen LogP contribution in [0.4, 0.5) is 0 Å². The number of aryl methyl sites for hydroxylation is 1. The first kappa shape index (κ1) is 13.1. The molecule has 2 rings (SSSR count). The summed E-state index contributed by atoms with van der Waals surface area (Å²) in [5, 5.41) is 12.9. The van der Waals surface area contributed by atoms with Gasteiger partial charge in [-0.3, -0.25) is 9.58 Å². The Morgan fingerprint density at radius 3 is 2.72 bits per heavy atom. The van der Waals surface area contributed by atoms with Gasteiger partial charge in [0.25, 0.3) is 0 Å². The molecule has 0 aromatic carbocycles. The van der Waals surface area contributed by atoms with Gasteiger partial charge in [0, 0.05) is 19.6 Å². The summed E-state index contributed by atoms with van der Waals surface area (Å²) in [6, 6.07) is 2.30. The molecule has 0 aliphatic heterocycles. The van der Waals surface area contributed by atoms with Gasteiger partial charge in [-0.1, -0.05) is 19.3 Å². The topological polar surface area (TPSA) is 58.4 Å². The Labute approximate surface area is 107 Å². The quantitative estimate of drug-likeness (QED) is 0.887. The zero-order valence-electron chi connectivity index (χ0n) is 11.1. The highest BCUT2D eigenvalue weighted by Crippen LogP contribution is 2.22. The summed E-state index contributed by atoms with van der Waals surface area (Å²) < 4.78 is 1.67. The predicted molar refractivity (Wildman–Crippen MR) is 68.5 cm³/mol. The molecule has 0 saturated heterocycles. The van der Waals surface area contributed by atoms with Crippen LogP contribution in [0.15, 0.2) is 6.07 Å². The molecule has 1 aromatic heterocycles. The lowest BCUT2D eigenvalue weighted by molar-refractivity contribution is 0.0689. The van der Waals surface area contributed by atoms with Gasteiger partial charge >= 0.3 is 5.97 Å². The smallest absolute Gasteiger partial charge is 0.356 e. The van der Waals surface area contributed by atoms with Gasteiger partial charge in [-0.25, -0.2) is 4.79 Å². The van der Waals surface area contributed by atoms with Crippen LogP contribution < -0.4 is 0 Å². The lowest BCUT2D eigenvalue weighted by Crippen LogP contribution is -2.33. The predicted octanol–water partition coefficient (Wildman–Crippen LogP) is 1.88. The number of hydrogen-bond donors (Lipinski definition) is 1. The zero-order valence-corrected chi connectivity index (χ0v) is 11.1. The Morgan fingerprint density at radius 1 is 1.50 bits per heavy atom. The van der Waals surface area contributed by atoms with E-state index in [4.69, 9.17) is 5.11 Å². The van der Waals surface area contributed by atoms with Crippen molar-refractivity contribution in [1.82, 2.24) is 14.7 Å². The van der Waals surface area contributed by atoms with Crippen molar-refractivity contribution >= 4 is 5.97 Å². The molecule has 1 N–H and O–H groups in total. The zero-order chi connectivity index (χ0) is 13.1. The lowest BCUT2D eigenvalue weighted by atomic mass is 9.94. The van der Waals surface area contributed by atoms with Crippen LogP contribution in [0.1, 0.15) is 48.3 Å². The van der Waals surface area contributed by atoms with Crippen molar-refractivity contribution in [3.05, 3.63) is 17.5 Å². The van der Waals surface area contributed by atoms with E-state index in [1.165, 1.54) is 32.1 Å². The van der Waals surface area contributed by atoms with Crippen LogP contribution in [0.5, 0.6) is 0 Å². The molecule has 0 unspecified atom stereocenters. The molecular weight excluding hydrogens is 230 g/mol. The number of hydrogen-bond acceptors (Lipinski definition) is 3. The summed E-state index contributed by atoms with van der Waals surface area (Å²) in [6.45, 7) is 0.765. The average Bonchev–Trinajstić information content (AvgIpc) is 2.72. The molecular formula is C13H21N3O2. The number of nitrogens with zero attached hydrogens (tertiary/aromatic N) is 3. The fourth-order valence-electron chi connectivity index (χ4n) is 2.66. The summed E-state index contributed by atoms with van der Waals surface area (Å²) in [4.78, 5) is 13.2. The second kappa shape index (κ2) is 5.52. The van der Waals surface area contributed by atoms with Crippen LogP contribution in [-0.2, 0) is 13.6 Å². The summed E-state index contributed by atoms with van der Waals surface area (Å²) in [6.07, 6.45) is 6.46. The molecule has 1 aromatic rings. The van der Waals surface area contributed by atoms with Crippen molar-refractivity contribution in [1.29, 1.82) is 0 Å². The largest absolute Gasteiger partial charge is 0.476 e. The third-order valence-corrected chi connectivity index (χ3v) is 3.81. The molecule has 5 nitrogen and oxygen atoms in total. The number of aromatic carboxylic acids is 1. The third kappa shape index (κ3) is 2.90. The van der Waals surface area contributed by atoms with Crippen molar-refractivity contribution in [2.24, 2.45) is 7.05 Å². The minimum absolute atomic E-state index is 0.129. The maximum Gasteiger partial charge on any atom is 0.356 e. The van der Waals surface area contributed by atoms with E-state index in [9.17, 15) is 4.79 Å². The Morgan fingerprint density at radius 2 is 2.17 bits per heavy atom. The summed E-state index contributed by atoms with van der Waals surface area (Å²) >= 11 is 0. The molecule has 1 fully saturated rings. The molecule has 5 heteroatoms.